The molecule has 17 heavy (non-hydrogen) atoms. The molecule has 1 rings (SSSR count). The average Bonchev–Trinajstić information content (AvgIpc) is 2.29. The van der Waals surface area contributed by atoms with Gasteiger partial charge in [0.25, 0.3) is 0 Å². The second-order valence-corrected chi connectivity index (χ2v) is 4.06. The SMILES string of the molecule is C[C@@H](NC(=O)CCCCN)c1ccccc1F. The van der Waals surface area contributed by atoms with Crippen LogP contribution in [0.4, 0.5) is 4.39 Å². The molecule has 4 heteroatoms. The van der Waals surface area contributed by atoms with Gasteiger partial charge in [-0.15, -0.1) is 0 Å². The van der Waals surface area contributed by atoms with Crippen molar-refractivity contribution in [3.8, 4) is 0 Å². The van der Waals surface area contributed by atoms with Crippen LogP contribution in [0.3, 0.4) is 0 Å². The van der Waals surface area contributed by atoms with E-state index in [1.807, 2.05) is 0 Å². The minimum absolute atomic E-state index is 0.0609. The van der Waals surface area contributed by atoms with Gasteiger partial charge in [-0.05, 0) is 32.4 Å². The first-order chi connectivity index (χ1) is 8.15. The summed E-state index contributed by atoms with van der Waals surface area (Å²) in [5.41, 5.74) is 5.86. The van der Waals surface area contributed by atoms with Crippen LogP contribution >= 0.6 is 0 Å². The number of nitrogens with one attached hydrogen (secondary N) is 1. The monoisotopic (exact) mass is 238 g/mol. The zero-order chi connectivity index (χ0) is 12.7. The lowest BCUT2D eigenvalue weighted by Gasteiger charge is -2.14. The Kier molecular flexibility index (Phi) is 5.63. The van der Waals surface area contributed by atoms with Gasteiger partial charge in [-0.3, -0.25) is 4.79 Å². The largest absolute Gasteiger partial charge is 0.349 e. The summed E-state index contributed by atoms with van der Waals surface area (Å²) in [4.78, 5) is 11.5. The Hall–Kier alpha value is -1.42. The lowest BCUT2D eigenvalue weighted by molar-refractivity contribution is -0.121. The smallest absolute Gasteiger partial charge is 0.220 e. The molecular formula is C13H19FN2O. The zero-order valence-electron chi connectivity index (χ0n) is 10.1. The van der Waals surface area contributed by atoms with E-state index in [0.717, 1.165) is 12.8 Å². The summed E-state index contributed by atoms with van der Waals surface area (Å²) in [6, 6.07) is 6.16. The van der Waals surface area contributed by atoms with E-state index in [-0.39, 0.29) is 17.8 Å². The van der Waals surface area contributed by atoms with E-state index in [1.165, 1.54) is 6.07 Å². The van der Waals surface area contributed by atoms with Crippen molar-refractivity contribution in [3.63, 3.8) is 0 Å². The van der Waals surface area contributed by atoms with Crippen molar-refractivity contribution in [3.05, 3.63) is 35.6 Å². The number of hydrogen-bond acceptors (Lipinski definition) is 2. The number of unbranched alkanes of at least 4 members (excludes halogenated alkanes) is 1. The first-order valence-corrected chi connectivity index (χ1v) is 5.89. The van der Waals surface area contributed by atoms with Gasteiger partial charge in [-0.1, -0.05) is 18.2 Å². The molecule has 94 valence electrons. The number of carbonyl (C=O) groups excluding carboxylic acids is 1. The fourth-order valence-electron chi connectivity index (χ4n) is 1.65. The quantitative estimate of drug-likeness (QED) is 0.746. The maximum absolute atomic E-state index is 13.4. The number of amides is 1. The van der Waals surface area contributed by atoms with Crippen molar-refractivity contribution in [1.82, 2.24) is 5.32 Å². The Bertz CT molecular complexity index is 368. The topological polar surface area (TPSA) is 55.1 Å². The van der Waals surface area contributed by atoms with Crippen molar-refractivity contribution >= 4 is 5.91 Å². The van der Waals surface area contributed by atoms with E-state index >= 15 is 0 Å². The number of carbonyl (C=O) groups is 1. The van der Waals surface area contributed by atoms with Gasteiger partial charge in [0.2, 0.25) is 5.91 Å². The maximum Gasteiger partial charge on any atom is 0.220 e. The highest BCUT2D eigenvalue weighted by atomic mass is 19.1. The van der Waals surface area contributed by atoms with Gasteiger partial charge in [0, 0.05) is 12.0 Å². The normalized spacial score (nSPS) is 12.2. The van der Waals surface area contributed by atoms with E-state index in [4.69, 9.17) is 5.73 Å². The molecule has 0 aliphatic carbocycles. The third-order valence-corrected chi connectivity index (χ3v) is 2.61. The molecule has 0 spiro atoms. The molecule has 0 heterocycles. The van der Waals surface area contributed by atoms with Crippen LogP contribution in [0, 0.1) is 5.82 Å². The number of nitrogens with two attached hydrogens (primary N) is 1. The molecule has 0 unspecified atom stereocenters. The van der Waals surface area contributed by atoms with E-state index < -0.39 is 0 Å². The summed E-state index contributed by atoms with van der Waals surface area (Å²) < 4.78 is 13.4. The second-order valence-electron chi connectivity index (χ2n) is 4.06. The minimum Gasteiger partial charge on any atom is -0.349 e. The Morgan fingerprint density at radius 3 is 2.76 bits per heavy atom. The van der Waals surface area contributed by atoms with E-state index in [9.17, 15) is 9.18 Å². The number of halogens is 1. The summed E-state index contributed by atoms with van der Waals surface area (Å²) in [6.07, 6.45) is 2.05. The van der Waals surface area contributed by atoms with E-state index in [2.05, 4.69) is 5.32 Å². The van der Waals surface area contributed by atoms with Crippen LogP contribution in [0.5, 0.6) is 0 Å². The van der Waals surface area contributed by atoms with Crippen LogP contribution in [0.2, 0.25) is 0 Å². The Morgan fingerprint density at radius 1 is 1.41 bits per heavy atom. The predicted octanol–water partition coefficient (Wildman–Crippen LogP) is 2.13. The first kappa shape index (κ1) is 13.6. The van der Waals surface area contributed by atoms with Gasteiger partial charge in [-0.25, -0.2) is 4.39 Å². The van der Waals surface area contributed by atoms with Gasteiger partial charge in [0.05, 0.1) is 6.04 Å². The number of rotatable bonds is 6. The van der Waals surface area contributed by atoms with Crippen molar-refractivity contribution in [2.45, 2.75) is 32.2 Å². The van der Waals surface area contributed by atoms with Crippen LogP contribution in [0.1, 0.15) is 37.8 Å². The highest BCUT2D eigenvalue weighted by Crippen LogP contribution is 2.16. The van der Waals surface area contributed by atoms with Crippen molar-refractivity contribution < 1.29 is 9.18 Å². The molecule has 0 fully saturated rings. The maximum atomic E-state index is 13.4. The van der Waals surface area contributed by atoms with Gasteiger partial charge in [0.15, 0.2) is 0 Å². The molecule has 1 amide bonds. The molecular weight excluding hydrogens is 219 g/mol. The average molecular weight is 238 g/mol. The highest BCUT2D eigenvalue weighted by molar-refractivity contribution is 5.76. The van der Waals surface area contributed by atoms with Crippen LogP contribution in [0.25, 0.3) is 0 Å². The standard InChI is InChI=1S/C13H19FN2O/c1-10(11-6-2-3-7-12(11)14)16-13(17)8-4-5-9-15/h2-3,6-7,10H,4-5,8-9,15H2,1H3,(H,16,17)/t10-/m1/s1. The Labute approximate surface area is 101 Å². The van der Waals surface area contributed by atoms with Gasteiger partial charge in [0.1, 0.15) is 5.82 Å². The molecule has 0 bridgehead atoms. The van der Waals surface area contributed by atoms with Crippen LogP contribution in [-0.4, -0.2) is 12.5 Å². The lowest BCUT2D eigenvalue weighted by Crippen LogP contribution is -2.27. The highest BCUT2D eigenvalue weighted by Gasteiger charge is 2.12. The van der Waals surface area contributed by atoms with Crippen LogP contribution in [0.15, 0.2) is 24.3 Å². The molecule has 1 aromatic carbocycles. The Balaban J connectivity index is 2.46. The van der Waals surface area contributed by atoms with Crippen molar-refractivity contribution in [2.75, 3.05) is 6.54 Å². The summed E-state index contributed by atoms with van der Waals surface area (Å²) in [7, 11) is 0. The minimum atomic E-state index is -0.304. The predicted molar refractivity (Wildman–Crippen MR) is 65.9 cm³/mol. The lowest BCUT2D eigenvalue weighted by atomic mass is 10.1. The Morgan fingerprint density at radius 2 is 2.12 bits per heavy atom. The van der Waals surface area contributed by atoms with Gasteiger partial charge in [-0.2, -0.15) is 0 Å². The van der Waals surface area contributed by atoms with E-state index in [1.54, 1.807) is 25.1 Å². The van der Waals surface area contributed by atoms with Crippen LogP contribution in [-0.2, 0) is 4.79 Å². The molecule has 0 saturated carbocycles. The molecule has 0 aromatic heterocycles. The molecule has 1 atom stereocenters. The summed E-state index contributed by atoms with van der Waals surface area (Å²) in [6.45, 7) is 2.37. The van der Waals surface area contributed by atoms with Gasteiger partial charge < -0.3 is 11.1 Å². The summed E-state index contributed by atoms with van der Waals surface area (Å²) in [5, 5.41) is 2.78. The van der Waals surface area contributed by atoms with Gasteiger partial charge >= 0.3 is 0 Å². The molecule has 0 aliphatic rings. The van der Waals surface area contributed by atoms with Crippen molar-refractivity contribution in [2.24, 2.45) is 5.73 Å². The molecule has 3 N–H and O–H groups in total. The third-order valence-electron chi connectivity index (χ3n) is 2.61. The molecule has 3 nitrogen and oxygen atoms in total. The summed E-state index contributed by atoms with van der Waals surface area (Å²) in [5.74, 6) is -0.350. The van der Waals surface area contributed by atoms with Crippen molar-refractivity contribution in [1.29, 1.82) is 0 Å². The summed E-state index contributed by atoms with van der Waals surface area (Å²) >= 11 is 0. The van der Waals surface area contributed by atoms with Crippen LogP contribution < -0.4 is 11.1 Å². The molecule has 1 aromatic rings. The molecule has 0 radical (unpaired) electrons. The third kappa shape index (κ3) is 4.53. The van der Waals surface area contributed by atoms with E-state index in [0.29, 0.717) is 18.5 Å². The fourth-order valence-corrected chi connectivity index (χ4v) is 1.65. The number of benzene rings is 1. The second kappa shape index (κ2) is 7.01. The fraction of sp³-hybridized carbons (Fsp3) is 0.462. The zero-order valence-corrected chi connectivity index (χ0v) is 10.1. The number of hydrogen-bond donors (Lipinski definition) is 2. The molecule has 0 aliphatic heterocycles. The molecule has 0 saturated heterocycles. The first-order valence-electron chi connectivity index (χ1n) is 5.89.